The summed E-state index contributed by atoms with van der Waals surface area (Å²) in [5.74, 6) is 1.34. The summed E-state index contributed by atoms with van der Waals surface area (Å²) < 4.78 is 39.7. The highest BCUT2D eigenvalue weighted by Gasteiger charge is 2.39. The zero-order valence-corrected chi connectivity index (χ0v) is 18.4. The minimum Gasteiger partial charge on any atom is -0.496 e. The van der Waals surface area contributed by atoms with E-state index in [1.165, 1.54) is 0 Å². The summed E-state index contributed by atoms with van der Waals surface area (Å²) in [6.45, 7) is 1.03. The van der Waals surface area contributed by atoms with Gasteiger partial charge in [-0.05, 0) is 55.0 Å². The van der Waals surface area contributed by atoms with E-state index in [1.54, 1.807) is 13.2 Å². The molecule has 3 aliphatic rings. The Labute approximate surface area is 183 Å². The van der Waals surface area contributed by atoms with Crippen LogP contribution in [0.5, 0.6) is 5.75 Å². The highest BCUT2D eigenvalue weighted by Crippen LogP contribution is 2.51. The molecule has 0 bridgehead atoms. The predicted molar refractivity (Wildman–Crippen MR) is 120 cm³/mol. The van der Waals surface area contributed by atoms with Crippen LogP contribution >= 0.6 is 0 Å². The van der Waals surface area contributed by atoms with Gasteiger partial charge >= 0.3 is 0 Å². The fourth-order valence-electron chi connectivity index (χ4n) is 5.06. The van der Waals surface area contributed by atoms with Crippen molar-refractivity contribution in [2.24, 2.45) is 5.92 Å². The zero-order chi connectivity index (χ0) is 21.4. The van der Waals surface area contributed by atoms with Gasteiger partial charge in [-0.25, -0.2) is 13.1 Å². The summed E-state index contributed by atoms with van der Waals surface area (Å²) in [4.78, 5) is 0.306. The van der Waals surface area contributed by atoms with Crippen molar-refractivity contribution in [3.63, 3.8) is 0 Å². The quantitative estimate of drug-likeness (QED) is 0.665. The first kappa shape index (κ1) is 20.5. The molecule has 2 heterocycles. The Balaban J connectivity index is 1.44. The molecule has 6 nitrogen and oxygen atoms in total. The summed E-state index contributed by atoms with van der Waals surface area (Å²) in [6.07, 6.45) is 7.20. The minimum absolute atomic E-state index is 0.0298. The van der Waals surface area contributed by atoms with E-state index in [4.69, 9.17) is 9.47 Å². The Bertz CT molecular complexity index is 1090. The number of hydrogen-bond acceptors (Lipinski definition) is 5. The minimum atomic E-state index is -3.59. The van der Waals surface area contributed by atoms with Gasteiger partial charge in [0.05, 0.1) is 24.2 Å². The van der Waals surface area contributed by atoms with E-state index in [9.17, 15) is 8.42 Å². The molecule has 5 rings (SSSR count). The third-order valence-corrected chi connectivity index (χ3v) is 8.06. The number of rotatable bonds is 6. The smallest absolute Gasteiger partial charge is 0.240 e. The first-order chi connectivity index (χ1) is 15.1. The molecule has 4 atom stereocenters. The van der Waals surface area contributed by atoms with Gasteiger partial charge in [0.25, 0.3) is 0 Å². The lowest BCUT2D eigenvalue weighted by Gasteiger charge is -2.38. The summed E-state index contributed by atoms with van der Waals surface area (Å²) >= 11 is 0. The molecule has 1 aliphatic carbocycles. The maximum Gasteiger partial charge on any atom is 0.240 e. The number of para-hydroxylation sites is 1. The Morgan fingerprint density at radius 1 is 1.19 bits per heavy atom. The zero-order valence-electron chi connectivity index (χ0n) is 17.6. The lowest BCUT2D eigenvalue weighted by molar-refractivity contribution is 0.114. The molecule has 164 valence electrons. The fourth-order valence-corrected chi connectivity index (χ4v) is 6.16. The number of allylic oxidation sites excluding steroid dienone is 2. The van der Waals surface area contributed by atoms with Crippen LogP contribution in [0.15, 0.2) is 59.5 Å². The maximum absolute atomic E-state index is 12.9. The topological polar surface area (TPSA) is 76.7 Å². The van der Waals surface area contributed by atoms with E-state index in [2.05, 4.69) is 28.3 Å². The van der Waals surface area contributed by atoms with Crippen molar-refractivity contribution >= 4 is 15.7 Å². The van der Waals surface area contributed by atoms with Crippen LogP contribution < -0.4 is 14.8 Å². The first-order valence-electron chi connectivity index (χ1n) is 10.9. The summed E-state index contributed by atoms with van der Waals surface area (Å²) in [5, 5.41) is 3.66. The third-order valence-electron chi connectivity index (χ3n) is 6.64. The lowest BCUT2D eigenvalue weighted by atomic mass is 9.77. The van der Waals surface area contributed by atoms with E-state index in [0.29, 0.717) is 24.0 Å². The van der Waals surface area contributed by atoms with Crippen LogP contribution in [0.2, 0.25) is 0 Å². The Morgan fingerprint density at radius 2 is 2.06 bits per heavy atom. The van der Waals surface area contributed by atoms with Gasteiger partial charge in [0.2, 0.25) is 10.0 Å². The second kappa shape index (κ2) is 8.30. The molecule has 2 aromatic carbocycles. The Hall–Kier alpha value is -2.35. The monoisotopic (exact) mass is 440 g/mol. The van der Waals surface area contributed by atoms with E-state index in [-0.39, 0.29) is 18.1 Å². The van der Waals surface area contributed by atoms with Gasteiger partial charge in [-0.15, -0.1) is 0 Å². The molecule has 31 heavy (non-hydrogen) atoms. The van der Waals surface area contributed by atoms with Crippen LogP contribution in [0.3, 0.4) is 0 Å². The number of anilines is 1. The molecular weight excluding hydrogens is 412 g/mol. The van der Waals surface area contributed by atoms with Crippen LogP contribution in [0.25, 0.3) is 0 Å². The van der Waals surface area contributed by atoms with E-state index in [0.717, 1.165) is 41.8 Å². The van der Waals surface area contributed by atoms with E-state index in [1.807, 2.05) is 30.3 Å². The SMILES string of the molecule is COc1ccccc1C1Nc2ccc(S(=O)(=O)NCC3CCCO3)cc2C2C=CCC21. The molecule has 2 aromatic rings. The Kier molecular flexibility index (Phi) is 5.50. The molecule has 0 radical (unpaired) electrons. The standard InChI is InChI=1S/C24H28N2O4S/c1-29-23-10-3-2-7-20(23)24-19-9-4-8-18(19)21-14-17(11-12-22(21)26-24)31(27,28)25-15-16-6-5-13-30-16/h2-4,7-8,10-12,14,16,18-19,24-26H,5-6,9,13,15H2,1H3. The molecule has 1 fully saturated rings. The molecule has 0 amide bonds. The average molecular weight is 441 g/mol. The van der Waals surface area contributed by atoms with Gasteiger partial charge in [-0.3, -0.25) is 0 Å². The summed E-state index contributed by atoms with van der Waals surface area (Å²) in [7, 11) is -1.89. The molecule has 0 aromatic heterocycles. The number of hydrogen-bond donors (Lipinski definition) is 2. The summed E-state index contributed by atoms with van der Waals surface area (Å²) in [5.41, 5.74) is 3.14. The third kappa shape index (κ3) is 3.86. The van der Waals surface area contributed by atoms with Gasteiger partial charge in [-0.2, -0.15) is 0 Å². The van der Waals surface area contributed by atoms with E-state index < -0.39 is 10.0 Å². The molecule has 0 spiro atoms. The van der Waals surface area contributed by atoms with Crippen LogP contribution in [0.4, 0.5) is 5.69 Å². The van der Waals surface area contributed by atoms with Gasteiger partial charge in [0.15, 0.2) is 0 Å². The van der Waals surface area contributed by atoms with Crippen LogP contribution in [-0.2, 0) is 14.8 Å². The molecular formula is C24H28N2O4S. The average Bonchev–Trinajstić information content (AvgIpc) is 3.49. The van der Waals surface area contributed by atoms with Crippen molar-refractivity contribution in [1.82, 2.24) is 4.72 Å². The second-order valence-corrected chi connectivity index (χ2v) is 10.2. The van der Waals surface area contributed by atoms with Crippen molar-refractivity contribution in [1.29, 1.82) is 0 Å². The molecule has 0 saturated carbocycles. The predicted octanol–water partition coefficient (Wildman–Crippen LogP) is 3.98. The number of fused-ring (bicyclic) bond motifs is 3. The number of ether oxygens (including phenoxy) is 2. The maximum atomic E-state index is 12.9. The highest BCUT2D eigenvalue weighted by molar-refractivity contribution is 7.89. The normalized spacial score (nSPS) is 26.9. The number of nitrogens with one attached hydrogen (secondary N) is 2. The van der Waals surface area contributed by atoms with Gasteiger partial charge in [0, 0.05) is 30.3 Å². The van der Waals surface area contributed by atoms with Crippen molar-refractivity contribution < 1.29 is 17.9 Å². The van der Waals surface area contributed by atoms with Crippen LogP contribution in [0, 0.1) is 5.92 Å². The van der Waals surface area contributed by atoms with Gasteiger partial charge < -0.3 is 14.8 Å². The van der Waals surface area contributed by atoms with Crippen molar-refractivity contribution in [3.05, 3.63) is 65.7 Å². The van der Waals surface area contributed by atoms with Crippen LogP contribution in [-0.4, -0.2) is 34.8 Å². The number of sulfonamides is 1. The molecule has 2 aliphatic heterocycles. The van der Waals surface area contributed by atoms with Crippen molar-refractivity contribution in [3.8, 4) is 5.75 Å². The van der Waals surface area contributed by atoms with E-state index >= 15 is 0 Å². The van der Waals surface area contributed by atoms with Crippen molar-refractivity contribution in [2.45, 2.75) is 42.2 Å². The van der Waals surface area contributed by atoms with Gasteiger partial charge in [0.1, 0.15) is 5.75 Å². The highest BCUT2D eigenvalue weighted by atomic mass is 32.2. The second-order valence-electron chi connectivity index (χ2n) is 8.45. The number of benzene rings is 2. The number of methoxy groups -OCH3 is 1. The van der Waals surface area contributed by atoms with Crippen molar-refractivity contribution in [2.75, 3.05) is 25.6 Å². The lowest BCUT2D eigenvalue weighted by Crippen LogP contribution is -2.32. The van der Waals surface area contributed by atoms with Crippen LogP contribution in [0.1, 0.15) is 42.3 Å². The largest absolute Gasteiger partial charge is 0.496 e. The molecule has 2 N–H and O–H groups in total. The Morgan fingerprint density at radius 3 is 2.87 bits per heavy atom. The fraction of sp³-hybridized carbons (Fsp3) is 0.417. The molecule has 1 saturated heterocycles. The first-order valence-corrected chi connectivity index (χ1v) is 12.4. The molecule has 4 unspecified atom stereocenters. The summed E-state index contributed by atoms with van der Waals surface area (Å²) in [6, 6.07) is 13.6. The molecule has 7 heteroatoms. The van der Waals surface area contributed by atoms with Gasteiger partial charge in [-0.1, -0.05) is 30.4 Å².